The Labute approximate surface area is 140 Å². The smallest absolute Gasteiger partial charge is 0.315 e. The maximum Gasteiger partial charge on any atom is 0.315 e. The second-order valence-electron chi connectivity index (χ2n) is 8.57. The predicted molar refractivity (Wildman–Crippen MR) is 82.7 cm³/mol. The minimum Gasteiger partial charge on any atom is -0.461 e. The third kappa shape index (κ3) is 1.30. The Morgan fingerprint density at radius 2 is 1.92 bits per heavy atom. The van der Waals surface area contributed by atoms with Crippen LogP contribution in [0.15, 0.2) is 11.1 Å². The average molecular weight is 330 g/mol. The number of ketones is 2. The fraction of sp³-hybridized carbons (Fsp3) is 0.737. The first-order valence-electron chi connectivity index (χ1n) is 9.06. The van der Waals surface area contributed by atoms with Crippen molar-refractivity contribution in [3.8, 4) is 0 Å². The number of carbonyl (C=O) groups is 3. The number of fused-ring (bicyclic) bond motifs is 2. The number of esters is 1. The van der Waals surface area contributed by atoms with E-state index in [0.717, 1.165) is 5.57 Å². The van der Waals surface area contributed by atoms with Crippen LogP contribution in [0.1, 0.15) is 46.0 Å². The summed E-state index contributed by atoms with van der Waals surface area (Å²) >= 11 is 0. The van der Waals surface area contributed by atoms with E-state index in [1.165, 1.54) is 0 Å². The van der Waals surface area contributed by atoms with Crippen LogP contribution in [-0.4, -0.2) is 34.3 Å². The number of hydrogen-bond acceptors (Lipinski definition) is 5. The normalized spacial score (nSPS) is 52.3. The first-order chi connectivity index (χ1) is 11.3. The molecule has 0 radical (unpaired) electrons. The van der Waals surface area contributed by atoms with Crippen molar-refractivity contribution in [2.24, 2.45) is 29.1 Å². The van der Waals surface area contributed by atoms with Gasteiger partial charge >= 0.3 is 5.97 Å². The fourth-order valence-electron chi connectivity index (χ4n) is 6.73. The number of carbonyl (C=O) groups excluding carboxylic acids is 3. The Morgan fingerprint density at radius 1 is 1.17 bits per heavy atom. The molecule has 7 atom stereocenters. The van der Waals surface area contributed by atoms with Gasteiger partial charge in [-0.05, 0) is 42.6 Å². The molecule has 2 saturated heterocycles. The van der Waals surface area contributed by atoms with Crippen LogP contribution in [0.3, 0.4) is 0 Å². The van der Waals surface area contributed by atoms with Gasteiger partial charge < -0.3 is 9.84 Å². The lowest BCUT2D eigenvalue weighted by Crippen LogP contribution is -2.74. The topological polar surface area (TPSA) is 80.7 Å². The summed E-state index contributed by atoms with van der Waals surface area (Å²) in [5, 5.41) is 11.9. The van der Waals surface area contributed by atoms with Crippen molar-refractivity contribution in [3.05, 3.63) is 11.1 Å². The van der Waals surface area contributed by atoms with E-state index >= 15 is 0 Å². The largest absolute Gasteiger partial charge is 0.461 e. The molecule has 4 aliphatic carbocycles. The van der Waals surface area contributed by atoms with Crippen LogP contribution in [-0.2, 0) is 19.1 Å². The summed E-state index contributed by atoms with van der Waals surface area (Å²) in [6.45, 7) is 3.90. The summed E-state index contributed by atoms with van der Waals surface area (Å²) in [5.41, 5.74) is -1.07. The average Bonchev–Trinajstić information content (AvgIpc) is 2.64. The van der Waals surface area contributed by atoms with Crippen molar-refractivity contribution in [1.82, 2.24) is 0 Å². The molecular weight excluding hydrogens is 308 g/mol. The molecule has 1 N–H and O–H groups in total. The molecule has 2 saturated carbocycles. The maximum atomic E-state index is 13.2. The lowest BCUT2D eigenvalue weighted by Gasteiger charge is -2.63. The van der Waals surface area contributed by atoms with Gasteiger partial charge in [-0.1, -0.05) is 13.8 Å². The van der Waals surface area contributed by atoms with Crippen molar-refractivity contribution in [2.75, 3.05) is 0 Å². The third-order valence-electron chi connectivity index (χ3n) is 7.60. The fourth-order valence-corrected chi connectivity index (χ4v) is 6.73. The molecule has 0 amide bonds. The molecule has 5 heteroatoms. The van der Waals surface area contributed by atoms with Crippen molar-refractivity contribution >= 4 is 17.5 Å². The van der Waals surface area contributed by atoms with Crippen LogP contribution in [0.25, 0.3) is 0 Å². The summed E-state index contributed by atoms with van der Waals surface area (Å²) in [7, 11) is 0. The summed E-state index contributed by atoms with van der Waals surface area (Å²) in [4.78, 5) is 38.3. The molecule has 6 aliphatic rings. The molecule has 6 rings (SSSR count). The zero-order valence-corrected chi connectivity index (χ0v) is 14.0. The Hall–Kier alpha value is -1.49. The van der Waals surface area contributed by atoms with E-state index in [1.807, 2.05) is 13.8 Å². The van der Waals surface area contributed by atoms with Crippen molar-refractivity contribution in [1.29, 1.82) is 0 Å². The van der Waals surface area contributed by atoms with Crippen LogP contribution in [0.5, 0.6) is 0 Å². The van der Waals surface area contributed by atoms with Gasteiger partial charge in [-0.3, -0.25) is 14.4 Å². The van der Waals surface area contributed by atoms with Gasteiger partial charge in [0.15, 0.2) is 5.78 Å². The second-order valence-corrected chi connectivity index (χ2v) is 8.57. The standard InChI is InChI=1S/C19H22O5/c1-8-5-11(20)7-10-3-4-18-9(2)6-12(24-17(18)22)15-16(21)13(8)14(10)19(15,18)23/h8-10,12,15,23H,3-7H2,1-2H3/t8-,9?,10+,12+,15-,18-,19-/m0/s1. The Morgan fingerprint density at radius 3 is 2.62 bits per heavy atom. The van der Waals surface area contributed by atoms with Gasteiger partial charge in [-0.2, -0.15) is 0 Å². The lowest BCUT2D eigenvalue weighted by molar-refractivity contribution is -0.258. The monoisotopic (exact) mass is 330 g/mol. The molecule has 4 fully saturated rings. The molecule has 2 aliphatic heterocycles. The molecule has 1 unspecified atom stereocenters. The van der Waals surface area contributed by atoms with Crippen LogP contribution in [0.4, 0.5) is 0 Å². The van der Waals surface area contributed by atoms with Crippen molar-refractivity contribution < 1.29 is 24.2 Å². The van der Waals surface area contributed by atoms with E-state index in [0.29, 0.717) is 37.7 Å². The maximum absolute atomic E-state index is 13.2. The Kier molecular flexibility index (Phi) is 2.58. The third-order valence-corrected chi connectivity index (χ3v) is 7.60. The van der Waals surface area contributed by atoms with E-state index < -0.39 is 23.0 Å². The SMILES string of the molecule is CC1C[C@H]2OC(=O)[C@]13CC[C@@H]1CC(=O)C[C@H](C)C4=C1[C@]3(O)[C@@H]2C4=O. The number of Topliss-reactive ketones (excluding diaryl/α,β-unsaturated/α-hetero) is 2. The molecular formula is C19H22O5. The molecule has 0 aromatic carbocycles. The van der Waals surface area contributed by atoms with E-state index in [1.54, 1.807) is 0 Å². The quantitative estimate of drug-likeness (QED) is 0.682. The molecule has 24 heavy (non-hydrogen) atoms. The Balaban J connectivity index is 1.81. The Bertz CT molecular complexity index is 736. The second kappa shape index (κ2) is 4.18. The van der Waals surface area contributed by atoms with Crippen molar-refractivity contribution in [3.63, 3.8) is 0 Å². The number of ether oxygens (including phenoxy) is 1. The highest BCUT2D eigenvalue weighted by Crippen LogP contribution is 2.69. The van der Waals surface area contributed by atoms with E-state index in [9.17, 15) is 19.5 Å². The summed E-state index contributed by atoms with van der Waals surface area (Å²) in [5.74, 6) is -1.21. The van der Waals surface area contributed by atoms with Gasteiger partial charge in [-0.15, -0.1) is 0 Å². The minimum absolute atomic E-state index is 0.0140. The summed E-state index contributed by atoms with van der Waals surface area (Å²) < 4.78 is 5.60. The van der Waals surface area contributed by atoms with Crippen LogP contribution in [0, 0.1) is 29.1 Å². The van der Waals surface area contributed by atoms with Gasteiger partial charge in [-0.25, -0.2) is 0 Å². The highest BCUT2D eigenvalue weighted by molar-refractivity contribution is 6.07. The molecule has 128 valence electrons. The number of aliphatic hydroxyl groups is 1. The van der Waals surface area contributed by atoms with Gasteiger partial charge in [0.2, 0.25) is 0 Å². The molecule has 5 nitrogen and oxygen atoms in total. The van der Waals surface area contributed by atoms with E-state index in [4.69, 9.17) is 4.74 Å². The first kappa shape index (κ1) is 14.8. The van der Waals surface area contributed by atoms with Gasteiger partial charge in [0, 0.05) is 18.4 Å². The first-order valence-corrected chi connectivity index (χ1v) is 9.06. The molecule has 2 bridgehead atoms. The molecule has 1 spiro atoms. The van der Waals surface area contributed by atoms with Gasteiger partial charge in [0.05, 0.1) is 5.92 Å². The van der Waals surface area contributed by atoms with Crippen LogP contribution in [0.2, 0.25) is 0 Å². The van der Waals surface area contributed by atoms with E-state index in [-0.39, 0.29) is 35.3 Å². The number of allylic oxidation sites excluding steroid dienone is 1. The molecule has 0 aromatic rings. The van der Waals surface area contributed by atoms with Crippen LogP contribution < -0.4 is 0 Å². The molecule has 0 aromatic heterocycles. The highest BCUT2D eigenvalue weighted by Gasteiger charge is 2.79. The van der Waals surface area contributed by atoms with Crippen LogP contribution >= 0.6 is 0 Å². The van der Waals surface area contributed by atoms with Gasteiger partial charge in [0.1, 0.15) is 22.9 Å². The summed E-state index contributed by atoms with van der Waals surface area (Å²) in [6.07, 6.45) is 2.03. The van der Waals surface area contributed by atoms with Crippen molar-refractivity contribution in [2.45, 2.75) is 57.7 Å². The number of hydrogen-bond donors (Lipinski definition) is 1. The number of rotatable bonds is 0. The predicted octanol–water partition coefficient (Wildman–Crippen LogP) is 1.57. The van der Waals surface area contributed by atoms with Gasteiger partial charge in [0.25, 0.3) is 0 Å². The lowest BCUT2D eigenvalue weighted by atomic mass is 9.45. The zero-order chi connectivity index (χ0) is 17.0. The zero-order valence-electron chi connectivity index (χ0n) is 14.0. The highest BCUT2D eigenvalue weighted by atomic mass is 16.6. The summed E-state index contributed by atoms with van der Waals surface area (Å²) in [6, 6.07) is 0. The minimum atomic E-state index is -1.43. The molecule has 2 heterocycles. The van der Waals surface area contributed by atoms with E-state index in [2.05, 4.69) is 0 Å².